The molecule has 50 heavy (non-hydrogen) atoms. The topological polar surface area (TPSA) is 98.4 Å². The SMILES string of the molecule is CCc1cc(CCC(=O)N2CCOCC2)c2nc(C)cc(N3CCc4c(cc(Cn5ccnc5)cc4-c4cn(C)nc4C(F)(F)F)C3=O)c2c1. The van der Waals surface area contributed by atoms with Crippen molar-refractivity contribution in [1.82, 2.24) is 29.2 Å². The van der Waals surface area contributed by atoms with E-state index in [1.165, 1.54) is 13.2 Å². The van der Waals surface area contributed by atoms with Gasteiger partial charge in [0, 0.05) is 80.4 Å². The Balaban J connectivity index is 1.31. The number of fused-ring (bicyclic) bond motifs is 2. The van der Waals surface area contributed by atoms with Gasteiger partial charge in [-0.3, -0.25) is 19.3 Å². The number of hydrogen-bond acceptors (Lipinski definition) is 6. The van der Waals surface area contributed by atoms with Gasteiger partial charge in [-0.2, -0.15) is 18.3 Å². The Kier molecular flexibility index (Phi) is 8.93. The minimum Gasteiger partial charge on any atom is -0.378 e. The molecular formula is C37H38F3N7O3. The molecule has 0 N–H and O–H groups in total. The first-order valence-corrected chi connectivity index (χ1v) is 16.8. The van der Waals surface area contributed by atoms with Gasteiger partial charge in [-0.15, -0.1) is 0 Å². The lowest BCUT2D eigenvalue weighted by atomic mass is 9.87. The summed E-state index contributed by atoms with van der Waals surface area (Å²) in [6.07, 6.45) is 3.63. The predicted octanol–water partition coefficient (Wildman–Crippen LogP) is 5.76. The zero-order chi connectivity index (χ0) is 35.2. The standard InChI is InChI=1S/C37H38F3N7O3/c1-4-24-16-26(5-6-33(48)46-11-13-50-14-12-46)34-30(17-24)32(15-23(2)42-34)47-9-7-27-28(31-21-44(3)43-35(31)37(38,39)40)18-25(19-29(27)36(47)49)20-45-10-8-41-22-45/h8,10,15-19,21-22H,4-7,9,11-14,20H2,1-3H3. The van der Waals surface area contributed by atoms with Gasteiger partial charge in [-0.25, -0.2) is 4.98 Å². The molecule has 3 aromatic heterocycles. The number of alkyl halides is 3. The second-order valence-electron chi connectivity index (χ2n) is 13.0. The molecular weight excluding hydrogens is 647 g/mol. The van der Waals surface area contributed by atoms with Crippen molar-refractivity contribution in [3.63, 3.8) is 0 Å². The van der Waals surface area contributed by atoms with Crippen molar-refractivity contribution in [2.24, 2.45) is 7.05 Å². The zero-order valence-corrected chi connectivity index (χ0v) is 28.3. The highest BCUT2D eigenvalue weighted by Crippen LogP contribution is 2.41. The molecule has 0 atom stereocenters. The number of anilines is 1. The molecule has 0 radical (unpaired) electrons. The predicted molar refractivity (Wildman–Crippen MR) is 182 cm³/mol. The van der Waals surface area contributed by atoms with Gasteiger partial charge in [0.05, 0.1) is 30.7 Å². The summed E-state index contributed by atoms with van der Waals surface area (Å²) in [5, 5.41) is 4.57. The average molecular weight is 686 g/mol. The fourth-order valence-electron chi connectivity index (χ4n) is 7.11. The molecule has 2 aliphatic rings. The normalized spacial score (nSPS) is 15.2. The number of pyridine rings is 1. The van der Waals surface area contributed by atoms with Crippen molar-refractivity contribution in [2.75, 3.05) is 37.7 Å². The lowest BCUT2D eigenvalue weighted by Gasteiger charge is -2.32. The smallest absolute Gasteiger partial charge is 0.378 e. The molecule has 7 rings (SSSR count). The van der Waals surface area contributed by atoms with E-state index in [4.69, 9.17) is 9.72 Å². The Bertz CT molecular complexity index is 2080. The third kappa shape index (κ3) is 6.49. The molecule has 13 heteroatoms. The van der Waals surface area contributed by atoms with E-state index < -0.39 is 11.9 Å². The number of halogens is 3. The Labute approximate surface area is 287 Å². The molecule has 0 saturated carbocycles. The number of carbonyl (C=O) groups is 2. The van der Waals surface area contributed by atoms with Crippen LogP contribution < -0.4 is 4.90 Å². The lowest BCUT2D eigenvalue weighted by Crippen LogP contribution is -2.40. The number of ether oxygens (including phenoxy) is 1. The fraction of sp³-hybridized carbons (Fsp3) is 0.378. The number of carbonyl (C=O) groups excluding carboxylic acids is 2. The van der Waals surface area contributed by atoms with Gasteiger partial charge in [-0.1, -0.05) is 13.0 Å². The van der Waals surface area contributed by atoms with Gasteiger partial charge in [0.15, 0.2) is 5.69 Å². The van der Waals surface area contributed by atoms with Crippen LogP contribution in [0.3, 0.4) is 0 Å². The summed E-state index contributed by atoms with van der Waals surface area (Å²) in [7, 11) is 1.46. The monoisotopic (exact) mass is 685 g/mol. The first-order valence-electron chi connectivity index (χ1n) is 16.8. The van der Waals surface area contributed by atoms with Gasteiger partial charge >= 0.3 is 6.18 Å². The van der Waals surface area contributed by atoms with E-state index in [2.05, 4.69) is 29.1 Å². The van der Waals surface area contributed by atoms with E-state index in [-0.39, 0.29) is 23.9 Å². The number of benzene rings is 2. The first-order chi connectivity index (χ1) is 24.0. The Morgan fingerprint density at radius 1 is 1.00 bits per heavy atom. The number of nitrogens with zero attached hydrogens (tertiary/aromatic N) is 7. The number of morpholine rings is 1. The van der Waals surface area contributed by atoms with Crippen LogP contribution in [-0.2, 0) is 48.6 Å². The van der Waals surface area contributed by atoms with Gasteiger partial charge in [-0.05, 0) is 78.3 Å². The number of aryl methyl sites for hydroxylation is 4. The molecule has 0 unspecified atom stereocenters. The van der Waals surface area contributed by atoms with Crippen LogP contribution in [0.4, 0.5) is 18.9 Å². The minimum atomic E-state index is -4.68. The maximum Gasteiger partial charge on any atom is 0.435 e. The number of hydrogen-bond donors (Lipinski definition) is 0. The summed E-state index contributed by atoms with van der Waals surface area (Å²) >= 11 is 0. The Morgan fingerprint density at radius 3 is 2.50 bits per heavy atom. The van der Waals surface area contributed by atoms with Crippen molar-refractivity contribution in [1.29, 1.82) is 0 Å². The third-order valence-corrected chi connectivity index (χ3v) is 9.51. The van der Waals surface area contributed by atoms with Crippen LogP contribution >= 0.6 is 0 Å². The van der Waals surface area contributed by atoms with E-state index in [1.54, 1.807) is 35.8 Å². The molecule has 5 heterocycles. The van der Waals surface area contributed by atoms with Gasteiger partial charge < -0.3 is 19.1 Å². The van der Waals surface area contributed by atoms with Crippen LogP contribution in [-0.4, -0.2) is 73.9 Å². The molecule has 10 nitrogen and oxygen atoms in total. The van der Waals surface area contributed by atoms with Crippen LogP contribution in [0.5, 0.6) is 0 Å². The molecule has 2 aromatic carbocycles. The largest absolute Gasteiger partial charge is 0.435 e. The molecule has 5 aromatic rings. The van der Waals surface area contributed by atoms with Crippen LogP contribution in [0, 0.1) is 6.92 Å². The van der Waals surface area contributed by atoms with Gasteiger partial charge in [0.1, 0.15) is 0 Å². The van der Waals surface area contributed by atoms with E-state index in [0.717, 1.165) is 38.8 Å². The summed E-state index contributed by atoms with van der Waals surface area (Å²) in [5.74, 6) is -0.223. The molecule has 1 saturated heterocycles. The first kappa shape index (κ1) is 33.5. The zero-order valence-electron chi connectivity index (χ0n) is 28.3. The number of imidazole rings is 1. The van der Waals surface area contributed by atoms with Crippen molar-refractivity contribution < 1.29 is 27.5 Å². The van der Waals surface area contributed by atoms with Crippen LogP contribution in [0.25, 0.3) is 22.0 Å². The van der Waals surface area contributed by atoms with E-state index in [1.807, 2.05) is 22.5 Å². The molecule has 0 bridgehead atoms. The number of aromatic nitrogens is 5. The Morgan fingerprint density at radius 2 is 1.78 bits per heavy atom. The van der Waals surface area contributed by atoms with Gasteiger partial charge in [0.2, 0.25) is 5.91 Å². The summed E-state index contributed by atoms with van der Waals surface area (Å²) in [4.78, 5) is 40.2. The highest BCUT2D eigenvalue weighted by atomic mass is 19.4. The van der Waals surface area contributed by atoms with Crippen LogP contribution in [0.15, 0.2) is 55.2 Å². The van der Waals surface area contributed by atoms with E-state index in [0.29, 0.717) is 80.1 Å². The van der Waals surface area contributed by atoms with Crippen molar-refractivity contribution in [2.45, 2.75) is 52.3 Å². The van der Waals surface area contributed by atoms with Gasteiger partial charge in [0.25, 0.3) is 5.91 Å². The summed E-state index contributed by atoms with van der Waals surface area (Å²) < 4.78 is 51.0. The van der Waals surface area contributed by atoms with Crippen molar-refractivity contribution in [3.05, 3.63) is 94.5 Å². The minimum absolute atomic E-state index is 0.0564. The maximum atomic E-state index is 14.6. The molecule has 1 fully saturated rings. The second kappa shape index (κ2) is 13.3. The number of amides is 2. The summed E-state index contributed by atoms with van der Waals surface area (Å²) in [6.45, 7) is 6.76. The number of rotatable bonds is 8. The van der Waals surface area contributed by atoms with E-state index >= 15 is 0 Å². The summed E-state index contributed by atoms with van der Waals surface area (Å²) in [6, 6.07) is 9.57. The average Bonchev–Trinajstić information content (AvgIpc) is 3.77. The highest BCUT2D eigenvalue weighted by Gasteiger charge is 2.39. The summed E-state index contributed by atoms with van der Waals surface area (Å²) in [5.41, 5.74) is 5.04. The molecule has 0 spiro atoms. The Hall–Kier alpha value is -5.04. The second-order valence-corrected chi connectivity index (χ2v) is 13.0. The molecule has 2 aliphatic heterocycles. The van der Waals surface area contributed by atoms with Crippen molar-refractivity contribution in [3.8, 4) is 11.1 Å². The fourth-order valence-corrected chi connectivity index (χ4v) is 7.11. The highest BCUT2D eigenvalue weighted by molar-refractivity contribution is 6.13. The lowest BCUT2D eigenvalue weighted by molar-refractivity contribution is -0.141. The van der Waals surface area contributed by atoms with Crippen LogP contribution in [0.1, 0.15) is 57.3 Å². The van der Waals surface area contributed by atoms with Crippen molar-refractivity contribution >= 4 is 28.4 Å². The molecule has 260 valence electrons. The quantitative estimate of drug-likeness (QED) is 0.206. The van der Waals surface area contributed by atoms with E-state index in [9.17, 15) is 22.8 Å². The molecule has 0 aliphatic carbocycles. The molecule has 2 amide bonds. The maximum absolute atomic E-state index is 14.6. The van der Waals surface area contributed by atoms with Crippen LogP contribution in [0.2, 0.25) is 0 Å². The third-order valence-electron chi connectivity index (χ3n) is 9.51.